The Bertz CT molecular complexity index is 1400. The lowest BCUT2D eigenvalue weighted by atomic mass is 10.2. The third-order valence-electron chi connectivity index (χ3n) is 5.55. The van der Waals surface area contributed by atoms with Crippen molar-refractivity contribution in [3.8, 4) is 0 Å². The Morgan fingerprint density at radius 3 is 2.49 bits per heavy atom. The summed E-state index contributed by atoms with van der Waals surface area (Å²) in [6.45, 7) is 0.658. The quantitative estimate of drug-likeness (QED) is 0.311. The fourth-order valence-corrected chi connectivity index (χ4v) is 4.41. The van der Waals surface area contributed by atoms with E-state index in [1.165, 1.54) is 15.9 Å². The third kappa shape index (κ3) is 6.15. The molecule has 182 valence electrons. The van der Waals surface area contributed by atoms with E-state index in [9.17, 15) is 19.2 Å². The minimum atomic E-state index is -0.540. The number of amides is 2. The molecule has 10 heteroatoms. The Morgan fingerprint density at radius 2 is 1.71 bits per heavy atom. The number of furan rings is 1. The van der Waals surface area contributed by atoms with Gasteiger partial charge in [0.15, 0.2) is 0 Å². The molecule has 0 aliphatic rings. The van der Waals surface area contributed by atoms with Gasteiger partial charge < -0.3 is 15.1 Å². The molecule has 4 aromatic rings. The second-order valence-electron chi connectivity index (χ2n) is 8.01. The highest BCUT2D eigenvalue weighted by Crippen LogP contribution is 2.10. The molecule has 3 heterocycles. The van der Waals surface area contributed by atoms with Crippen LogP contribution in [-0.2, 0) is 35.8 Å². The van der Waals surface area contributed by atoms with Crippen LogP contribution < -0.4 is 21.9 Å². The number of hydrogen-bond donors (Lipinski definition) is 2. The van der Waals surface area contributed by atoms with Crippen LogP contribution in [0.15, 0.2) is 74.2 Å². The maximum atomic E-state index is 13.2. The molecule has 0 saturated carbocycles. The molecular formula is C25H26N4O5S. The summed E-state index contributed by atoms with van der Waals surface area (Å²) in [5.41, 5.74) is -0.521. The van der Waals surface area contributed by atoms with Gasteiger partial charge in [-0.15, -0.1) is 11.3 Å². The van der Waals surface area contributed by atoms with Crippen LogP contribution in [0, 0.1) is 0 Å². The van der Waals surface area contributed by atoms with Crippen molar-refractivity contribution in [2.75, 3.05) is 0 Å². The van der Waals surface area contributed by atoms with Crippen LogP contribution in [0.4, 0.5) is 0 Å². The number of aromatic nitrogens is 2. The molecule has 0 radical (unpaired) electrons. The molecule has 2 N–H and O–H groups in total. The summed E-state index contributed by atoms with van der Waals surface area (Å²) in [6.07, 6.45) is 2.78. The molecular weight excluding hydrogens is 468 g/mol. The second kappa shape index (κ2) is 11.5. The van der Waals surface area contributed by atoms with Crippen LogP contribution in [-0.4, -0.2) is 20.9 Å². The number of carbonyl (C=O) groups excluding carboxylic acids is 2. The van der Waals surface area contributed by atoms with Crippen LogP contribution >= 0.6 is 11.3 Å². The first-order chi connectivity index (χ1) is 17.0. The van der Waals surface area contributed by atoms with Crippen molar-refractivity contribution in [1.82, 2.24) is 19.8 Å². The molecule has 1 aromatic carbocycles. The SMILES string of the molecule is O=C(CCCCn1c(=O)c2ccccc2n(CC(=O)NCc2cccs2)c1=O)NCc1ccco1. The maximum absolute atomic E-state index is 13.2. The first-order valence-electron chi connectivity index (χ1n) is 11.3. The molecule has 0 spiro atoms. The molecule has 2 amide bonds. The lowest BCUT2D eigenvalue weighted by molar-refractivity contribution is -0.122. The van der Waals surface area contributed by atoms with E-state index in [2.05, 4.69) is 10.6 Å². The maximum Gasteiger partial charge on any atom is 0.331 e. The zero-order chi connectivity index (χ0) is 24.6. The first kappa shape index (κ1) is 24.2. The van der Waals surface area contributed by atoms with Gasteiger partial charge in [0.2, 0.25) is 11.8 Å². The van der Waals surface area contributed by atoms with E-state index in [4.69, 9.17) is 4.42 Å². The summed E-state index contributed by atoms with van der Waals surface area (Å²) >= 11 is 1.53. The molecule has 3 aromatic heterocycles. The highest BCUT2D eigenvalue weighted by molar-refractivity contribution is 7.09. The first-order valence-corrected chi connectivity index (χ1v) is 12.2. The van der Waals surface area contributed by atoms with Gasteiger partial charge in [-0.3, -0.25) is 23.5 Å². The number of unbranched alkanes of at least 4 members (excludes halogenated alkanes) is 1. The lowest BCUT2D eigenvalue weighted by Crippen LogP contribution is -2.42. The molecule has 9 nitrogen and oxygen atoms in total. The minimum absolute atomic E-state index is 0.132. The highest BCUT2D eigenvalue weighted by Gasteiger charge is 2.15. The van der Waals surface area contributed by atoms with Crippen LogP contribution in [0.1, 0.15) is 29.9 Å². The van der Waals surface area contributed by atoms with E-state index in [-0.39, 0.29) is 31.3 Å². The average molecular weight is 495 g/mol. The van der Waals surface area contributed by atoms with E-state index in [0.717, 1.165) is 9.44 Å². The Morgan fingerprint density at radius 1 is 0.886 bits per heavy atom. The Hall–Kier alpha value is -3.92. The van der Waals surface area contributed by atoms with Crippen molar-refractivity contribution in [3.05, 3.63) is 91.6 Å². The summed E-state index contributed by atoms with van der Waals surface area (Å²) in [4.78, 5) is 51.8. The van der Waals surface area contributed by atoms with Gasteiger partial charge in [-0.2, -0.15) is 0 Å². The van der Waals surface area contributed by atoms with Crippen LogP contribution in [0.25, 0.3) is 10.9 Å². The topological polar surface area (TPSA) is 115 Å². The number of thiophene rings is 1. The molecule has 4 rings (SSSR count). The zero-order valence-corrected chi connectivity index (χ0v) is 19.9. The van der Waals surface area contributed by atoms with Gasteiger partial charge in [-0.05, 0) is 48.6 Å². The number of nitrogens with zero attached hydrogens (tertiary/aromatic N) is 2. The molecule has 0 fully saturated rings. The molecule has 0 bridgehead atoms. The van der Waals surface area contributed by atoms with Crippen molar-refractivity contribution in [1.29, 1.82) is 0 Å². The number of carbonyl (C=O) groups is 2. The van der Waals surface area contributed by atoms with Gasteiger partial charge in [0.05, 0.1) is 30.3 Å². The largest absolute Gasteiger partial charge is 0.467 e. The van der Waals surface area contributed by atoms with Crippen molar-refractivity contribution in [2.24, 2.45) is 0 Å². The van der Waals surface area contributed by atoms with Gasteiger partial charge in [0, 0.05) is 17.8 Å². The van der Waals surface area contributed by atoms with Crippen LogP contribution in [0.5, 0.6) is 0 Å². The smallest absolute Gasteiger partial charge is 0.331 e. The highest BCUT2D eigenvalue weighted by atomic mass is 32.1. The van der Waals surface area contributed by atoms with Gasteiger partial charge >= 0.3 is 5.69 Å². The minimum Gasteiger partial charge on any atom is -0.467 e. The number of nitrogens with one attached hydrogen (secondary N) is 2. The van der Waals surface area contributed by atoms with Crippen LogP contribution in [0.3, 0.4) is 0 Å². The van der Waals surface area contributed by atoms with Crippen molar-refractivity contribution in [2.45, 2.75) is 45.4 Å². The molecule has 0 aliphatic carbocycles. The predicted molar refractivity (Wildman–Crippen MR) is 133 cm³/mol. The molecule has 0 atom stereocenters. The third-order valence-corrected chi connectivity index (χ3v) is 6.43. The monoisotopic (exact) mass is 494 g/mol. The van der Waals surface area contributed by atoms with Gasteiger partial charge in [0.1, 0.15) is 12.3 Å². The number of para-hydroxylation sites is 1. The lowest BCUT2D eigenvalue weighted by Gasteiger charge is -2.14. The Kier molecular flexibility index (Phi) is 7.94. The summed E-state index contributed by atoms with van der Waals surface area (Å²) in [5.74, 6) is 0.220. The predicted octanol–water partition coefficient (Wildman–Crippen LogP) is 2.62. The standard InChI is InChI=1S/C25H26N4O5S/c30-22(26-15-18-7-5-13-34-18)11-3-4-12-28-24(32)20-9-1-2-10-21(20)29(25(28)33)17-23(31)27-16-19-8-6-14-35-19/h1-2,5-10,13-14H,3-4,11-12,15-17H2,(H,26,30)(H,27,31). The van der Waals surface area contributed by atoms with E-state index >= 15 is 0 Å². The number of rotatable bonds is 11. The number of benzene rings is 1. The van der Waals surface area contributed by atoms with Gasteiger partial charge in [0.25, 0.3) is 5.56 Å². The number of hydrogen-bond acceptors (Lipinski definition) is 6. The van der Waals surface area contributed by atoms with Gasteiger partial charge in [-0.1, -0.05) is 18.2 Å². The average Bonchev–Trinajstić information content (AvgIpc) is 3.58. The summed E-state index contributed by atoms with van der Waals surface area (Å²) < 4.78 is 7.66. The number of fused-ring (bicyclic) bond motifs is 1. The van der Waals surface area contributed by atoms with Crippen molar-refractivity contribution in [3.63, 3.8) is 0 Å². The Labute approximate surface area is 205 Å². The van der Waals surface area contributed by atoms with E-state index in [1.807, 2.05) is 17.5 Å². The molecule has 0 saturated heterocycles. The van der Waals surface area contributed by atoms with E-state index < -0.39 is 11.2 Å². The summed E-state index contributed by atoms with van der Waals surface area (Å²) in [6, 6.07) is 14.1. The fraction of sp³-hybridized carbons (Fsp3) is 0.280. The zero-order valence-electron chi connectivity index (χ0n) is 19.1. The van der Waals surface area contributed by atoms with E-state index in [1.54, 1.807) is 42.7 Å². The van der Waals surface area contributed by atoms with Crippen molar-refractivity contribution < 1.29 is 14.0 Å². The molecule has 0 unspecified atom stereocenters. The van der Waals surface area contributed by atoms with Crippen LogP contribution in [0.2, 0.25) is 0 Å². The summed E-state index contributed by atoms with van der Waals surface area (Å²) in [7, 11) is 0. The Balaban J connectivity index is 1.41. The second-order valence-corrected chi connectivity index (χ2v) is 9.04. The van der Waals surface area contributed by atoms with E-state index in [0.29, 0.717) is 42.6 Å². The fourth-order valence-electron chi connectivity index (χ4n) is 3.76. The summed E-state index contributed by atoms with van der Waals surface area (Å²) in [5, 5.41) is 7.89. The molecule has 0 aliphatic heterocycles. The molecule has 35 heavy (non-hydrogen) atoms. The normalized spacial score (nSPS) is 11.0. The van der Waals surface area contributed by atoms with Gasteiger partial charge in [-0.25, -0.2) is 4.79 Å². The van der Waals surface area contributed by atoms with Crippen molar-refractivity contribution >= 4 is 34.1 Å².